The molecule has 0 heterocycles. The van der Waals surface area contributed by atoms with Gasteiger partial charge in [-0.3, -0.25) is 4.79 Å². The monoisotopic (exact) mass is 485 g/mol. The second kappa shape index (κ2) is 11.0. The van der Waals surface area contributed by atoms with Crippen LogP contribution in [0, 0.1) is 0 Å². The highest BCUT2D eigenvalue weighted by Crippen LogP contribution is 2.27. The number of anilines is 1. The van der Waals surface area contributed by atoms with Crippen molar-refractivity contribution in [1.82, 2.24) is 0 Å². The van der Waals surface area contributed by atoms with Gasteiger partial charge in [-0.2, -0.15) is 4.31 Å². The van der Waals surface area contributed by atoms with Gasteiger partial charge in [-0.05, 0) is 78.7 Å². The number of carbonyl (C=O) groups is 1. The lowest BCUT2D eigenvalue weighted by atomic mass is 10.2. The molecule has 0 fully saturated rings. The third-order valence-electron chi connectivity index (χ3n) is 4.63. The summed E-state index contributed by atoms with van der Waals surface area (Å²) in [6, 6.07) is 19.0. The van der Waals surface area contributed by atoms with Crippen LogP contribution in [-0.2, 0) is 14.8 Å². The fraction of sp³-hybridized carbons (Fsp3) is 0.160. The smallest absolute Gasteiger partial charge is 0.271 e. The molecule has 33 heavy (non-hydrogen) atoms. The van der Waals surface area contributed by atoms with Gasteiger partial charge in [0.05, 0.1) is 24.3 Å². The van der Waals surface area contributed by atoms with Gasteiger partial charge in [0, 0.05) is 11.1 Å². The maximum absolute atomic E-state index is 13.4. The van der Waals surface area contributed by atoms with Crippen molar-refractivity contribution in [1.29, 1.82) is 0 Å². The summed E-state index contributed by atoms with van der Waals surface area (Å²) in [5, 5.41) is 0.391. The number of benzene rings is 3. The van der Waals surface area contributed by atoms with Gasteiger partial charge in [0.25, 0.3) is 15.9 Å². The molecule has 0 saturated carbocycles. The minimum atomic E-state index is -4.20. The van der Waals surface area contributed by atoms with Gasteiger partial charge in [-0.1, -0.05) is 30.7 Å². The van der Waals surface area contributed by atoms with Crippen molar-refractivity contribution in [3.63, 3.8) is 0 Å². The van der Waals surface area contributed by atoms with Crippen molar-refractivity contribution in [2.45, 2.75) is 18.2 Å². The van der Waals surface area contributed by atoms with E-state index in [9.17, 15) is 13.2 Å². The minimum absolute atomic E-state index is 0.0538. The number of nitrogens with zero attached hydrogens (tertiary/aromatic N) is 1. The van der Waals surface area contributed by atoms with Crippen LogP contribution in [0.3, 0.4) is 0 Å². The first-order valence-corrected chi connectivity index (χ1v) is 12.1. The SMILES string of the molecule is CCCOc1ccc(/C=C/C(=O)N(c2ccc(OC)cc2)S(=O)(=O)c2ccc(Cl)cc2)cc1. The van der Waals surface area contributed by atoms with Gasteiger partial charge in [-0.15, -0.1) is 0 Å². The van der Waals surface area contributed by atoms with Gasteiger partial charge in [0.1, 0.15) is 11.5 Å². The van der Waals surface area contributed by atoms with E-state index < -0.39 is 15.9 Å². The Morgan fingerprint density at radius 1 is 0.939 bits per heavy atom. The lowest BCUT2D eigenvalue weighted by Gasteiger charge is -2.21. The number of carbonyl (C=O) groups excluding carboxylic acids is 1. The number of hydrogen-bond donors (Lipinski definition) is 0. The molecule has 172 valence electrons. The molecule has 3 aromatic rings. The van der Waals surface area contributed by atoms with Crippen LogP contribution in [0.2, 0.25) is 5.02 Å². The van der Waals surface area contributed by atoms with E-state index in [2.05, 4.69) is 0 Å². The molecule has 0 aliphatic heterocycles. The first kappa shape index (κ1) is 24.4. The molecule has 0 N–H and O–H groups in total. The number of sulfonamides is 1. The van der Waals surface area contributed by atoms with E-state index in [0.29, 0.717) is 17.4 Å². The summed E-state index contributed by atoms with van der Waals surface area (Å²) in [6.45, 7) is 2.64. The van der Waals surface area contributed by atoms with Crippen LogP contribution in [0.5, 0.6) is 11.5 Å². The highest BCUT2D eigenvalue weighted by atomic mass is 35.5. The molecule has 0 radical (unpaired) electrons. The summed E-state index contributed by atoms with van der Waals surface area (Å²) < 4.78 is 38.2. The van der Waals surface area contributed by atoms with E-state index in [4.69, 9.17) is 21.1 Å². The van der Waals surface area contributed by atoms with Gasteiger partial charge in [0.15, 0.2) is 0 Å². The lowest BCUT2D eigenvalue weighted by Crippen LogP contribution is -2.35. The molecular formula is C25H24ClNO5S. The van der Waals surface area contributed by atoms with Crippen molar-refractivity contribution < 1.29 is 22.7 Å². The zero-order chi connectivity index (χ0) is 23.8. The molecular weight excluding hydrogens is 462 g/mol. The third-order valence-corrected chi connectivity index (χ3v) is 6.62. The third kappa shape index (κ3) is 6.15. The molecule has 0 atom stereocenters. The molecule has 6 nitrogen and oxygen atoms in total. The van der Waals surface area contributed by atoms with Gasteiger partial charge >= 0.3 is 0 Å². The van der Waals surface area contributed by atoms with Crippen LogP contribution in [0.1, 0.15) is 18.9 Å². The Hall–Kier alpha value is -3.29. The lowest BCUT2D eigenvalue weighted by molar-refractivity contribution is -0.113. The van der Waals surface area contributed by atoms with Crippen molar-refractivity contribution in [2.24, 2.45) is 0 Å². The van der Waals surface area contributed by atoms with E-state index >= 15 is 0 Å². The molecule has 0 aliphatic rings. The number of halogens is 1. The molecule has 0 bridgehead atoms. The summed E-state index contributed by atoms with van der Waals surface area (Å²) in [7, 11) is -2.69. The zero-order valence-electron chi connectivity index (χ0n) is 18.3. The van der Waals surface area contributed by atoms with E-state index in [1.54, 1.807) is 42.5 Å². The first-order chi connectivity index (χ1) is 15.8. The van der Waals surface area contributed by atoms with Crippen LogP contribution in [0.15, 0.2) is 83.8 Å². The Morgan fingerprint density at radius 3 is 2.12 bits per heavy atom. The molecule has 0 spiro atoms. The van der Waals surface area contributed by atoms with Crippen molar-refractivity contribution in [2.75, 3.05) is 18.0 Å². The van der Waals surface area contributed by atoms with Crippen LogP contribution >= 0.6 is 11.6 Å². The fourth-order valence-electron chi connectivity index (χ4n) is 2.94. The summed E-state index contributed by atoms with van der Waals surface area (Å²) in [5.41, 5.74) is 0.912. The highest BCUT2D eigenvalue weighted by molar-refractivity contribution is 7.93. The molecule has 3 rings (SSSR count). The number of ether oxygens (including phenoxy) is 2. The van der Waals surface area contributed by atoms with E-state index in [1.165, 1.54) is 49.6 Å². The maximum Gasteiger partial charge on any atom is 0.271 e. The molecule has 1 amide bonds. The quantitative estimate of drug-likeness (QED) is 0.370. The molecule has 0 unspecified atom stereocenters. The standard InChI is InChI=1S/C25H24ClNO5S/c1-3-18-32-23-11-4-19(5-12-23)6-17-25(28)27(21-9-13-22(31-2)14-10-21)33(29,30)24-15-7-20(26)8-16-24/h4-17H,3,18H2,1-2H3/b17-6+. The average Bonchev–Trinajstić information content (AvgIpc) is 2.83. The second-order valence-electron chi connectivity index (χ2n) is 7.01. The molecule has 8 heteroatoms. The Kier molecular flexibility index (Phi) is 8.14. The molecule has 0 saturated heterocycles. The Morgan fingerprint density at radius 2 is 1.55 bits per heavy atom. The number of amides is 1. The van der Waals surface area contributed by atoms with E-state index in [1.807, 2.05) is 6.92 Å². The first-order valence-electron chi connectivity index (χ1n) is 10.2. The molecule has 0 aliphatic carbocycles. The van der Waals surface area contributed by atoms with Crippen molar-refractivity contribution in [3.05, 3.63) is 89.5 Å². The molecule has 0 aromatic heterocycles. The van der Waals surface area contributed by atoms with Crippen LogP contribution in [-0.4, -0.2) is 28.0 Å². The number of methoxy groups -OCH3 is 1. The normalized spacial score (nSPS) is 11.4. The predicted molar refractivity (Wildman–Crippen MR) is 130 cm³/mol. The van der Waals surface area contributed by atoms with Gasteiger partial charge < -0.3 is 9.47 Å². The Bertz CT molecular complexity index is 1210. The number of hydrogen-bond acceptors (Lipinski definition) is 5. The van der Waals surface area contributed by atoms with Gasteiger partial charge in [0.2, 0.25) is 0 Å². The second-order valence-corrected chi connectivity index (χ2v) is 9.23. The highest BCUT2D eigenvalue weighted by Gasteiger charge is 2.29. The Balaban J connectivity index is 1.93. The predicted octanol–water partition coefficient (Wildman–Crippen LogP) is 5.57. The summed E-state index contributed by atoms with van der Waals surface area (Å²) in [4.78, 5) is 13.1. The van der Waals surface area contributed by atoms with Crippen molar-refractivity contribution in [3.8, 4) is 11.5 Å². The largest absolute Gasteiger partial charge is 0.497 e. The zero-order valence-corrected chi connectivity index (χ0v) is 19.8. The topological polar surface area (TPSA) is 72.9 Å². The number of rotatable bonds is 9. The average molecular weight is 486 g/mol. The maximum atomic E-state index is 13.4. The minimum Gasteiger partial charge on any atom is -0.497 e. The summed E-state index contributed by atoms with van der Waals surface area (Å²) in [6.07, 6.45) is 3.68. The van der Waals surface area contributed by atoms with Crippen molar-refractivity contribution >= 4 is 39.3 Å². The van der Waals surface area contributed by atoms with E-state index in [0.717, 1.165) is 22.0 Å². The summed E-state index contributed by atoms with van der Waals surface area (Å²) >= 11 is 5.90. The fourth-order valence-corrected chi connectivity index (χ4v) is 4.46. The van der Waals surface area contributed by atoms with Crippen LogP contribution in [0.25, 0.3) is 6.08 Å². The summed E-state index contributed by atoms with van der Waals surface area (Å²) in [5.74, 6) is 0.544. The van der Waals surface area contributed by atoms with E-state index in [-0.39, 0.29) is 10.6 Å². The molecule has 3 aromatic carbocycles. The van der Waals surface area contributed by atoms with Gasteiger partial charge in [-0.25, -0.2) is 8.42 Å². The van der Waals surface area contributed by atoms with Crippen LogP contribution in [0.4, 0.5) is 5.69 Å². The van der Waals surface area contributed by atoms with Crippen LogP contribution < -0.4 is 13.8 Å². The Labute approximate surface area is 199 Å².